The van der Waals surface area contributed by atoms with Gasteiger partial charge >= 0.3 is 0 Å². The van der Waals surface area contributed by atoms with Crippen LogP contribution >= 0.6 is 0 Å². The fraction of sp³-hybridized carbons (Fsp3) is 0.280. The van der Waals surface area contributed by atoms with E-state index in [1.165, 1.54) is 5.56 Å². The number of aryl methyl sites for hydroxylation is 1. The van der Waals surface area contributed by atoms with Gasteiger partial charge in [0.1, 0.15) is 5.39 Å². The second-order valence-electron chi connectivity index (χ2n) is 8.48. The molecule has 2 N–H and O–H groups in total. The van der Waals surface area contributed by atoms with Crippen LogP contribution in [0.2, 0.25) is 0 Å². The zero-order valence-corrected chi connectivity index (χ0v) is 18.5. The molecule has 3 heterocycles. The highest BCUT2D eigenvalue weighted by Crippen LogP contribution is 2.22. The summed E-state index contributed by atoms with van der Waals surface area (Å²) in [4.78, 5) is 35.0. The second-order valence-corrected chi connectivity index (χ2v) is 8.48. The van der Waals surface area contributed by atoms with E-state index < -0.39 is 0 Å². The van der Waals surface area contributed by atoms with E-state index in [0.29, 0.717) is 49.5 Å². The molecule has 8 nitrogen and oxygen atoms in total. The summed E-state index contributed by atoms with van der Waals surface area (Å²) in [5.74, 6) is 0.551. The highest BCUT2D eigenvalue weighted by atomic mass is 16.2. The second kappa shape index (κ2) is 8.90. The van der Waals surface area contributed by atoms with Gasteiger partial charge in [0.05, 0.1) is 11.9 Å². The van der Waals surface area contributed by atoms with Crippen LogP contribution in [0.1, 0.15) is 24.0 Å². The molecule has 1 aliphatic rings. The third kappa shape index (κ3) is 4.37. The Kier molecular flexibility index (Phi) is 5.64. The number of carbonyl (C=O) groups excluding carboxylic acids is 1. The third-order valence-electron chi connectivity index (χ3n) is 6.18. The topological polar surface area (TPSA) is 95.9 Å². The summed E-state index contributed by atoms with van der Waals surface area (Å²) < 4.78 is 1.68. The van der Waals surface area contributed by atoms with E-state index in [2.05, 4.69) is 15.4 Å². The van der Waals surface area contributed by atoms with Crippen LogP contribution in [0.3, 0.4) is 0 Å². The molecule has 0 radical (unpaired) electrons. The number of hydrogen-bond donors (Lipinski definition) is 2. The Balaban J connectivity index is 1.27. The molecule has 1 aliphatic heterocycles. The van der Waals surface area contributed by atoms with Crippen LogP contribution in [-0.2, 0) is 11.3 Å². The number of nitrogens with zero attached hydrogens (tertiary/aromatic N) is 4. The van der Waals surface area contributed by atoms with Crippen molar-refractivity contribution in [1.29, 1.82) is 0 Å². The molecule has 0 saturated carbocycles. The minimum Gasteiger partial charge on any atom is -0.352 e. The number of nitrogens with one attached hydrogen (secondary N) is 2. The zero-order valence-electron chi connectivity index (χ0n) is 18.5. The fourth-order valence-corrected chi connectivity index (χ4v) is 4.21. The van der Waals surface area contributed by atoms with Crippen molar-refractivity contribution in [3.63, 3.8) is 0 Å². The average molecular weight is 443 g/mol. The molecule has 0 spiro atoms. The Hall–Kier alpha value is -3.94. The quantitative estimate of drug-likeness (QED) is 0.495. The van der Waals surface area contributed by atoms with E-state index in [4.69, 9.17) is 4.98 Å². The van der Waals surface area contributed by atoms with Gasteiger partial charge in [-0.05, 0) is 37.5 Å². The van der Waals surface area contributed by atoms with Crippen molar-refractivity contribution < 1.29 is 4.79 Å². The van der Waals surface area contributed by atoms with E-state index in [9.17, 15) is 9.59 Å². The maximum Gasteiger partial charge on any atom is 0.263 e. The average Bonchev–Trinajstić information content (AvgIpc) is 3.29. The summed E-state index contributed by atoms with van der Waals surface area (Å²) in [5.41, 5.74) is 3.46. The lowest BCUT2D eigenvalue weighted by atomic mass is 9.96. The van der Waals surface area contributed by atoms with Gasteiger partial charge in [-0.1, -0.05) is 48.0 Å². The van der Waals surface area contributed by atoms with Gasteiger partial charge in [-0.2, -0.15) is 10.1 Å². The Morgan fingerprint density at radius 1 is 1.09 bits per heavy atom. The van der Waals surface area contributed by atoms with Crippen LogP contribution in [0.15, 0.2) is 65.6 Å². The number of hydrogen-bond acceptors (Lipinski definition) is 5. The van der Waals surface area contributed by atoms with Crippen LogP contribution in [0.5, 0.6) is 0 Å². The van der Waals surface area contributed by atoms with Crippen molar-refractivity contribution in [3.05, 3.63) is 82.3 Å². The number of aromatic amines is 1. The molecule has 1 saturated heterocycles. The molecule has 0 unspecified atom stereocenters. The van der Waals surface area contributed by atoms with E-state index in [1.54, 1.807) is 10.9 Å². The Morgan fingerprint density at radius 2 is 1.82 bits per heavy atom. The van der Waals surface area contributed by atoms with Crippen molar-refractivity contribution in [2.24, 2.45) is 5.92 Å². The number of aromatic nitrogens is 4. The van der Waals surface area contributed by atoms with Crippen molar-refractivity contribution in [1.82, 2.24) is 25.1 Å². The number of para-hydroxylation sites is 1. The number of H-pyrrole nitrogens is 1. The van der Waals surface area contributed by atoms with E-state index >= 15 is 0 Å². The Labute approximate surface area is 191 Å². The van der Waals surface area contributed by atoms with Crippen molar-refractivity contribution in [2.75, 3.05) is 18.0 Å². The normalized spacial score (nSPS) is 14.5. The Morgan fingerprint density at radius 3 is 2.55 bits per heavy atom. The van der Waals surface area contributed by atoms with Gasteiger partial charge in [-0.25, -0.2) is 4.68 Å². The zero-order chi connectivity index (χ0) is 22.8. The number of amides is 1. The molecule has 0 aliphatic carbocycles. The first-order valence-corrected chi connectivity index (χ1v) is 11.2. The van der Waals surface area contributed by atoms with E-state index in [-0.39, 0.29) is 17.4 Å². The van der Waals surface area contributed by atoms with Crippen molar-refractivity contribution >= 4 is 22.9 Å². The minimum atomic E-state index is -0.213. The molecule has 33 heavy (non-hydrogen) atoms. The van der Waals surface area contributed by atoms with Crippen LogP contribution in [0.25, 0.3) is 16.7 Å². The standard InChI is InChI=1S/C25H26N6O2/c1-17-7-9-18(10-8-17)15-26-23(32)19-11-13-30(14-12-19)25-28-22-21(24(33)29-25)16-27-31(22)20-5-3-2-4-6-20/h2-10,16,19H,11-15H2,1H3,(H,26,32)(H,28,29,33). The van der Waals surface area contributed by atoms with E-state index in [0.717, 1.165) is 11.3 Å². The molecular weight excluding hydrogens is 416 g/mol. The molecule has 168 valence electrons. The largest absolute Gasteiger partial charge is 0.352 e. The summed E-state index contributed by atoms with van der Waals surface area (Å²) in [6.07, 6.45) is 2.96. The number of benzene rings is 2. The van der Waals surface area contributed by atoms with Crippen molar-refractivity contribution in [3.8, 4) is 5.69 Å². The predicted molar refractivity (Wildman–Crippen MR) is 127 cm³/mol. The summed E-state index contributed by atoms with van der Waals surface area (Å²) in [7, 11) is 0. The molecule has 5 rings (SSSR count). The van der Waals surface area contributed by atoms with E-state index in [1.807, 2.05) is 66.4 Å². The van der Waals surface area contributed by atoms with Crippen LogP contribution in [0, 0.1) is 12.8 Å². The summed E-state index contributed by atoms with van der Waals surface area (Å²) in [6.45, 7) is 3.88. The SMILES string of the molecule is Cc1ccc(CNC(=O)C2CCN(c3nc4c(cnn4-c4ccccc4)c(=O)[nH]3)CC2)cc1. The Bertz CT molecular complexity index is 1320. The number of rotatable bonds is 5. The number of anilines is 1. The summed E-state index contributed by atoms with van der Waals surface area (Å²) in [5, 5.41) is 7.87. The van der Waals surface area contributed by atoms with Gasteiger partial charge in [-0.3, -0.25) is 14.6 Å². The van der Waals surface area contributed by atoms with Crippen molar-refractivity contribution in [2.45, 2.75) is 26.3 Å². The van der Waals surface area contributed by atoms with Gasteiger partial charge in [0.25, 0.3) is 5.56 Å². The van der Waals surface area contributed by atoms with Gasteiger partial charge < -0.3 is 10.2 Å². The first-order chi connectivity index (χ1) is 16.1. The number of fused-ring (bicyclic) bond motifs is 1. The smallest absolute Gasteiger partial charge is 0.263 e. The number of piperidine rings is 1. The molecule has 1 fully saturated rings. The van der Waals surface area contributed by atoms with Gasteiger partial charge in [-0.15, -0.1) is 0 Å². The minimum absolute atomic E-state index is 0.0444. The lowest BCUT2D eigenvalue weighted by Gasteiger charge is -2.31. The predicted octanol–water partition coefficient (Wildman–Crippen LogP) is 2.95. The highest BCUT2D eigenvalue weighted by molar-refractivity contribution is 5.79. The first-order valence-electron chi connectivity index (χ1n) is 11.2. The molecule has 2 aromatic carbocycles. The lowest BCUT2D eigenvalue weighted by molar-refractivity contribution is -0.125. The summed E-state index contributed by atoms with van der Waals surface area (Å²) >= 11 is 0. The molecule has 0 bridgehead atoms. The number of carbonyl (C=O) groups is 1. The monoisotopic (exact) mass is 442 g/mol. The molecular formula is C25H26N6O2. The molecule has 0 atom stereocenters. The van der Waals surface area contributed by atoms with Gasteiger partial charge in [0.2, 0.25) is 11.9 Å². The maximum absolute atomic E-state index is 12.7. The highest BCUT2D eigenvalue weighted by Gasteiger charge is 2.26. The van der Waals surface area contributed by atoms with Gasteiger partial charge in [0, 0.05) is 25.6 Å². The fourth-order valence-electron chi connectivity index (χ4n) is 4.21. The molecule has 1 amide bonds. The lowest BCUT2D eigenvalue weighted by Crippen LogP contribution is -2.41. The van der Waals surface area contributed by atoms with Crippen LogP contribution < -0.4 is 15.8 Å². The van der Waals surface area contributed by atoms with Crippen LogP contribution in [0.4, 0.5) is 5.95 Å². The van der Waals surface area contributed by atoms with Crippen LogP contribution in [-0.4, -0.2) is 38.7 Å². The molecule has 8 heteroatoms. The first kappa shape index (κ1) is 20.9. The summed E-state index contributed by atoms with van der Waals surface area (Å²) in [6, 6.07) is 17.8. The third-order valence-corrected chi connectivity index (χ3v) is 6.18. The maximum atomic E-state index is 12.7. The molecule has 2 aromatic heterocycles. The molecule has 4 aromatic rings. The van der Waals surface area contributed by atoms with Gasteiger partial charge in [0.15, 0.2) is 5.65 Å².